The van der Waals surface area contributed by atoms with Crippen LogP contribution in [0.5, 0.6) is 0 Å². The molecule has 12 heteroatoms. The van der Waals surface area contributed by atoms with E-state index in [1.807, 2.05) is 0 Å². The molecule has 192 valence electrons. The molecule has 2 aromatic carbocycles. The summed E-state index contributed by atoms with van der Waals surface area (Å²) in [6.07, 6.45) is 3.36. The van der Waals surface area contributed by atoms with E-state index in [1.165, 1.54) is 43.3 Å². The van der Waals surface area contributed by atoms with E-state index >= 15 is 8.78 Å². The standard InChI is InChI=1S/C25H22F2N4O6/c1-14(32)28-12-19-13-30(25(34)37-19)18-10-20(26)24(21(27)11-18)29-22-9-16(3-2-4-23(22)33)15-5-7-17(8-6-15)31(35)36/h2-11,19,23,29,33H,12-13H2,1H3,(H,28,32)/t19-,23?/m0/s1. The van der Waals surface area contributed by atoms with Crippen LogP contribution in [0.3, 0.4) is 0 Å². The van der Waals surface area contributed by atoms with Gasteiger partial charge in [0.15, 0.2) is 11.6 Å². The second-order valence-corrected chi connectivity index (χ2v) is 8.32. The van der Waals surface area contributed by atoms with Crippen LogP contribution in [0.1, 0.15) is 12.5 Å². The molecule has 10 nitrogen and oxygen atoms in total. The fourth-order valence-electron chi connectivity index (χ4n) is 3.81. The number of nitrogens with zero attached hydrogens (tertiary/aromatic N) is 2. The Labute approximate surface area is 209 Å². The number of rotatable bonds is 7. The number of amides is 2. The Balaban J connectivity index is 1.56. The van der Waals surface area contributed by atoms with Crippen LogP contribution in [0.15, 0.2) is 66.4 Å². The zero-order chi connectivity index (χ0) is 26.7. The van der Waals surface area contributed by atoms with E-state index in [2.05, 4.69) is 10.6 Å². The highest BCUT2D eigenvalue weighted by Gasteiger charge is 2.33. The summed E-state index contributed by atoms with van der Waals surface area (Å²) in [5.41, 5.74) is 0.463. The van der Waals surface area contributed by atoms with Gasteiger partial charge in [0.1, 0.15) is 17.9 Å². The van der Waals surface area contributed by atoms with E-state index in [9.17, 15) is 24.8 Å². The first-order valence-electron chi connectivity index (χ1n) is 11.1. The first kappa shape index (κ1) is 25.5. The molecule has 2 aromatic rings. The first-order chi connectivity index (χ1) is 17.6. The minimum Gasteiger partial charge on any atom is -0.442 e. The minimum absolute atomic E-state index is 0.0111. The van der Waals surface area contributed by atoms with Gasteiger partial charge < -0.3 is 20.5 Å². The average molecular weight is 512 g/mol. The molecule has 4 rings (SSSR count). The van der Waals surface area contributed by atoms with Crippen molar-refractivity contribution >= 4 is 34.6 Å². The van der Waals surface area contributed by atoms with Crippen LogP contribution >= 0.6 is 0 Å². The molecule has 1 unspecified atom stereocenters. The summed E-state index contributed by atoms with van der Waals surface area (Å²) in [6, 6.07) is 7.61. The fraction of sp³-hybridized carbons (Fsp3) is 0.200. The number of aliphatic hydroxyl groups excluding tert-OH is 1. The molecular weight excluding hydrogens is 490 g/mol. The summed E-state index contributed by atoms with van der Waals surface area (Å²) in [4.78, 5) is 34.7. The van der Waals surface area contributed by atoms with Crippen molar-refractivity contribution in [1.29, 1.82) is 0 Å². The summed E-state index contributed by atoms with van der Waals surface area (Å²) in [5.74, 6) is -2.34. The Hall–Kier alpha value is -4.58. The third kappa shape index (κ3) is 5.81. The van der Waals surface area contributed by atoms with Gasteiger partial charge in [0, 0.05) is 36.9 Å². The molecule has 2 amide bonds. The number of aliphatic hydroxyl groups is 1. The van der Waals surface area contributed by atoms with E-state index in [1.54, 1.807) is 12.2 Å². The lowest BCUT2D eigenvalue weighted by Gasteiger charge is -2.18. The maximum atomic E-state index is 15.0. The highest BCUT2D eigenvalue weighted by atomic mass is 19.1. The van der Waals surface area contributed by atoms with E-state index in [0.29, 0.717) is 11.1 Å². The molecule has 0 radical (unpaired) electrons. The van der Waals surface area contributed by atoms with Gasteiger partial charge in [-0.1, -0.05) is 18.2 Å². The molecular formula is C25H22F2N4O6. The number of carbonyl (C=O) groups is 2. The number of hydrogen-bond acceptors (Lipinski definition) is 7. The van der Waals surface area contributed by atoms with Crippen molar-refractivity contribution in [2.75, 3.05) is 23.3 Å². The van der Waals surface area contributed by atoms with Gasteiger partial charge in [-0.25, -0.2) is 13.6 Å². The number of carbonyl (C=O) groups excluding carboxylic acids is 2. The summed E-state index contributed by atoms with van der Waals surface area (Å²) in [7, 11) is 0. The highest BCUT2D eigenvalue weighted by molar-refractivity contribution is 5.90. The third-order valence-electron chi connectivity index (χ3n) is 5.67. The SMILES string of the molecule is CC(=O)NC[C@H]1CN(c2cc(F)c(NC3=CC(c4ccc([N+](=O)[O-])cc4)=CC=CC3O)c(F)c2)C(=O)O1. The number of halogens is 2. The van der Waals surface area contributed by atoms with Crippen LogP contribution in [-0.4, -0.2) is 47.3 Å². The van der Waals surface area contributed by atoms with Gasteiger partial charge in [-0.05, 0) is 29.3 Å². The molecule has 1 saturated heterocycles. The van der Waals surface area contributed by atoms with Crippen molar-refractivity contribution in [2.45, 2.75) is 19.1 Å². The quantitative estimate of drug-likeness (QED) is 0.381. The third-order valence-corrected chi connectivity index (χ3v) is 5.67. The van der Waals surface area contributed by atoms with Crippen molar-refractivity contribution in [3.63, 3.8) is 0 Å². The molecule has 0 aromatic heterocycles. The largest absolute Gasteiger partial charge is 0.442 e. The lowest BCUT2D eigenvalue weighted by atomic mass is 10.0. The second-order valence-electron chi connectivity index (χ2n) is 8.32. The van der Waals surface area contributed by atoms with Crippen LogP contribution in [-0.2, 0) is 9.53 Å². The number of hydrogen-bond donors (Lipinski definition) is 3. The Morgan fingerprint density at radius 1 is 1.24 bits per heavy atom. The highest BCUT2D eigenvalue weighted by Crippen LogP contribution is 2.31. The molecule has 0 bridgehead atoms. The van der Waals surface area contributed by atoms with Crippen LogP contribution in [0.4, 0.5) is 30.6 Å². The van der Waals surface area contributed by atoms with Crippen molar-refractivity contribution < 1.29 is 33.1 Å². The Morgan fingerprint density at radius 3 is 2.54 bits per heavy atom. The van der Waals surface area contributed by atoms with Gasteiger partial charge in [0.25, 0.3) is 5.69 Å². The van der Waals surface area contributed by atoms with E-state index < -0.39 is 40.5 Å². The minimum atomic E-state index is -1.23. The van der Waals surface area contributed by atoms with Gasteiger partial charge >= 0.3 is 6.09 Å². The van der Waals surface area contributed by atoms with Crippen molar-refractivity contribution in [3.05, 3.63) is 93.7 Å². The number of anilines is 2. The average Bonchev–Trinajstić information content (AvgIpc) is 3.13. The normalized spacial score (nSPS) is 19.0. The molecule has 2 aliphatic rings. The predicted molar refractivity (Wildman–Crippen MR) is 131 cm³/mol. The number of ether oxygens (including phenoxy) is 1. The smallest absolute Gasteiger partial charge is 0.414 e. The number of nitro benzene ring substituents is 1. The lowest BCUT2D eigenvalue weighted by Crippen LogP contribution is -2.33. The van der Waals surface area contributed by atoms with Gasteiger partial charge in [0.05, 0.1) is 23.7 Å². The molecule has 0 saturated carbocycles. The van der Waals surface area contributed by atoms with E-state index in [0.717, 1.165) is 17.0 Å². The topological polar surface area (TPSA) is 134 Å². The molecule has 1 aliphatic heterocycles. The Bertz CT molecular complexity index is 1320. The molecule has 0 spiro atoms. The van der Waals surface area contributed by atoms with Crippen molar-refractivity contribution in [3.8, 4) is 0 Å². The molecule has 1 aliphatic carbocycles. The predicted octanol–water partition coefficient (Wildman–Crippen LogP) is 3.64. The maximum absolute atomic E-state index is 15.0. The number of allylic oxidation sites excluding steroid dienone is 4. The summed E-state index contributed by atoms with van der Waals surface area (Å²) in [6.45, 7) is 1.36. The number of non-ortho nitro benzene ring substituents is 1. The van der Waals surface area contributed by atoms with Gasteiger partial charge in [0.2, 0.25) is 5.91 Å². The molecule has 37 heavy (non-hydrogen) atoms. The Kier molecular flexibility index (Phi) is 7.30. The molecule has 1 heterocycles. The summed E-state index contributed by atoms with van der Waals surface area (Å²) >= 11 is 0. The number of benzene rings is 2. The zero-order valence-corrected chi connectivity index (χ0v) is 19.5. The Morgan fingerprint density at radius 2 is 1.92 bits per heavy atom. The number of cyclic esters (lactones) is 1. The summed E-state index contributed by atoms with van der Waals surface area (Å²) in [5, 5.41) is 26.5. The van der Waals surface area contributed by atoms with Gasteiger partial charge in [-0.3, -0.25) is 19.8 Å². The van der Waals surface area contributed by atoms with E-state index in [4.69, 9.17) is 4.74 Å². The number of nitrogens with one attached hydrogen (secondary N) is 2. The molecule has 3 N–H and O–H groups in total. The monoisotopic (exact) mass is 512 g/mol. The van der Waals surface area contributed by atoms with E-state index in [-0.39, 0.29) is 36.1 Å². The van der Waals surface area contributed by atoms with Crippen molar-refractivity contribution in [2.24, 2.45) is 0 Å². The van der Waals surface area contributed by atoms with Crippen LogP contribution in [0.2, 0.25) is 0 Å². The summed E-state index contributed by atoms with van der Waals surface area (Å²) < 4.78 is 35.2. The van der Waals surface area contributed by atoms with Gasteiger partial charge in [-0.2, -0.15) is 0 Å². The van der Waals surface area contributed by atoms with Crippen LogP contribution in [0.25, 0.3) is 5.57 Å². The lowest BCUT2D eigenvalue weighted by molar-refractivity contribution is -0.384. The molecule has 1 fully saturated rings. The number of nitro groups is 1. The first-order valence-corrected chi connectivity index (χ1v) is 11.1. The van der Waals surface area contributed by atoms with Gasteiger partial charge in [-0.15, -0.1) is 0 Å². The second kappa shape index (κ2) is 10.6. The maximum Gasteiger partial charge on any atom is 0.414 e. The molecule has 2 atom stereocenters. The van der Waals surface area contributed by atoms with Crippen molar-refractivity contribution in [1.82, 2.24) is 5.32 Å². The van der Waals surface area contributed by atoms with Crippen LogP contribution < -0.4 is 15.5 Å². The van der Waals surface area contributed by atoms with Crippen LogP contribution in [0, 0.1) is 21.7 Å². The zero-order valence-electron chi connectivity index (χ0n) is 19.5. The fourth-order valence-corrected chi connectivity index (χ4v) is 3.81.